The van der Waals surface area contributed by atoms with Gasteiger partial charge in [-0.05, 0) is 18.2 Å². The Balaban J connectivity index is 1.67. The van der Waals surface area contributed by atoms with Crippen LogP contribution in [-0.2, 0) is 18.4 Å². The average Bonchev–Trinajstić information content (AvgIpc) is 3.08. The van der Waals surface area contributed by atoms with E-state index < -0.39 is 0 Å². The molecular weight excluding hydrogens is 287 g/mol. The topological polar surface area (TPSA) is 77.6 Å². The molecule has 3 rings (SSSR count). The number of nitrogens with zero attached hydrogens (tertiary/aromatic N) is 5. The summed E-state index contributed by atoms with van der Waals surface area (Å²) in [5, 5.41) is 14.7. The molecule has 0 aliphatic carbocycles. The Bertz CT molecular complexity index is 809. The zero-order valence-electron chi connectivity index (χ0n) is 11.8. The zero-order chi connectivity index (χ0) is 15.5. The lowest BCUT2D eigenvalue weighted by Gasteiger charge is -2.02. The van der Waals surface area contributed by atoms with E-state index in [-0.39, 0.29) is 18.3 Å². The molecule has 7 nitrogen and oxygen atoms in total. The fraction of sp³-hybridized carbons (Fsp3) is 0.143. The molecular formula is C14H13FN6O. The molecule has 0 radical (unpaired) electrons. The van der Waals surface area contributed by atoms with Gasteiger partial charge in [0.25, 0.3) is 0 Å². The summed E-state index contributed by atoms with van der Waals surface area (Å²) in [6.07, 6.45) is 3.12. The van der Waals surface area contributed by atoms with Gasteiger partial charge in [-0.1, -0.05) is 12.1 Å². The smallest absolute Gasteiger partial charge is 0.247 e. The van der Waals surface area contributed by atoms with E-state index in [1.165, 1.54) is 27.8 Å². The Labute approximate surface area is 125 Å². The van der Waals surface area contributed by atoms with E-state index in [0.29, 0.717) is 17.1 Å². The molecule has 1 amide bonds. The molecule has 0 aliphatic rings. The second kappa shape index (κ2) is 5.76. The minimum atomic E-state index is -0.326. The maximum Gasteiger partial charge on any atom is 0.247 e. The Hall–Kier alpha value is -3.03. The molecule has 0 unspecified atom stereocenters. The number of amides is 1. The summed E-state index contributed by atoms with van der Waals surface area (Å²) in [4.78, 5) is 13.2. The number of hydrogen-bond acceptors (Lipinski definition) is 4. The van der Waals surface area contributed by atoms with Crippen molar-refractivity contribution >= 4 is 11.7 Å². The number of halogens is 1. The Morgan fingerprint density at radius 2 is 2.18 bits per heavy atom. The largest absolute Gasteiger partial charge is 0.306 e. The van der Waals surface area contributed by atoms with Crippen LogP contribution in [0.3, 0.4) is 0 Å². The monoisotopic (exact) mass is 300 g/mol. The van der Waals surface area contributed by atoms with Crippen molar-refractivity contribution in [3.63, 3.8) is 0 Å². The third-order valence-electron chi connectivity index (χ3n) is 2.93. The summed E-state index contributed by atoms with van der Waals surface area (Å²) >= 11 is 0. The van der Waals surface area contributed by atoms with Gasteiger partial charge in [0.1, 0.15) is 12.4 Å². The van der Waals surface area contributed by atoms with Crippen LogP contribution in [0.25, 0.3) is 11.3 Å². The van der Waals surface area contributed by atoms with Gasteiger partial charge in [-0.3, -0.25) is 9.48 Å². The van der Waals surface area contributed by atoms with Crippen molar-refractivity contribution in [2.45, 2.75) is 6.54 Å². The highest BCUT2D eigenvalue weighted by Crippen LogP contribution is 2.17. The molecule has 2 aromatic heterocycles. The molecule has 0 aliphatic heterocycles. The number of anilines is 1. The highest BCUT2D eigenvalue weighted by molar-refractivity contribution is 5.89. The summed E-state index contributed by atoms with van der Waals surface area (Å²) in [7, 11) is 1.66. The summed E-state index contributed by atoms with van der Waals surface area (Å²) in [6, 6.07) is 7.87. The molecule has 2 heterocycles. The maximum atomic E-state index is 13.2. The Kier molecular flexibility index (Phi) is 3.65. The van der Waals surface area contributed by atoms with Crippen LogP contribution in [0.2, 0.25) is 0 Å². The highest BCUT2D eigenvalue weighted by Gasteiger charge is 2.08. The summed E-state index contributed by atoms with van der Waals surface area (Å²) in [5.74, 6) is -0.216. The normalized spacial score (nSPS) is 10.6. The summed E-state index contributed by atoms with van der Waals surface area (Å²) in [5.41, 5.74) is 1.26. The predicted octanol–water partition coefficient (Wildman–Crippen LogP) is 1.46. The second-order valence-electron chi connectivity index (χ2n) is 4.68. The molecule has 0 fully saturated rings. The lowest BCUT2D eigenvalue weighted by atomic mass is 10.1. The molecule has 0 atom stereocenters. The first kappa shape index (κ1) is 13.9. The SMILES string of the molecule is Cn1ncc(NC(=O)Cn2ccc(-c3cccc(F)c3)n2)n1. The maximum absolute atomic E-state index is 13.2. The summed E-state index contributed by atoms with van der Waals surface area (Å²) < 4.78 is 14.7. The summed E-state index contributed by atoms with van der Waals surface area (Å²) in [6.45, 7) is 0.0336. The molecule has 1 aromatic carbocycles. The standard InChI is InChI=1S/C14H13FN6O/c1-20-16-8-13(19-20)17-14(22)9-21-6-5-12(18-21)10-3-2-4-11(15)7-10/h2-8H,9H2,1H3,(H,17,19,22). The van der Waals surface area contributed by atoms with Crippen molar-refractivity contribution in [1.29, 1.82) is 0 Å². The number of aryl methyl sites for hydroxylation is 1. The van der Waals surface area contributed by atoms with Gasteiger partial charge in [-0.15, -0.1) is 5.10 Å². The zero-order valence-corrected chi connectivity index (χ0v) is 11.8. The number of rotatable bonds is 4. The van der Waals surface area contributed by atoms with Crippen molar-refractivity contribution < 1.29 is 9.18 Å². The third kappa shape index (κ3) is 3.17. The highest BCUT2D eigenvalue weighted by atomic mass is 19.1. The molecule has 22 heavy (non-hydrogen) atoms. The second-order valence-corrected chi connectivity index (χ2v) is 4.68. The van der Waals surface area contributed by atoms with E-state index in [4.69, 9.17) is 0 Å². The number of carbonyl (C=O) groups excluding carboxylic acids is 1. The first-order valence-corrected chi connectivity index (χ1v) is 6.56. The van der Waals surface area contributed by atoms with Crippen LogP contribution in [0.5, 0.6) is 0 Å². The van der Waals surface area contributed by atoms with Crippen LogP contribution in [0.4, 0.5) is 10.2 Å². The van der Waals surface area contributed by atoms with E-state index in [1.54, 1.807) is 31.4 Å². The average molecular weight is 300 g/mol. The number of hydrogen-bond donors (Lipinski definition) is 1. The lowest BCUT2D eigenvalue weighted by molar-refractivity contribution is -0.116. The van der Waals surface area contributed by atoms with Crippen LogP contribution < -0.4 is 5.32 Å². The number of carbonyl (C=O) groups is 1. The van der Waals surface area contributed by atoms with Gasteiger partial charge < -0.3 is 5.32 Å². The fourth-order valence-corrected chi connectivity index (χ4v) is 1.98. The van der Waals surface area contributed by atoms with Crippen LogP contribution in [0, 0.1) is 5.82 Å². The minimum absolute atomic E-state index is 0.0336. The quantitative estimate of drug-likeness (QED) is 0.791. The van der Waals surface area contributed by atoms with Crippen LogP contribution in [0.15, 0.2) is 42.7 Å². The van der Waals surface area contributed by atoms with E-state index in [1.807, 2.05) is 0 Å². The molecule has 8 heteroatoms. The van der Waals surface area contributed by atoms with E-state index >= 15 is 0 Å². The minimum Gasteiger partial charge on any atom is -0.306 e. The molecule has 0 saturated carbocycles. The van der Waals surface area contributed by atoms with Gasteiger partial charge in [0.2, 0.25) is 5.91 Å². The van der Waals surface area contributed by atoms with Crippen molar-refractivity contribution in [3.05, 3.63) is 48.5 Å². The number of benzene rings is 1. The van der Waals surface area contributed by atoms with Crippen LogP contribution >= 0.6 is 0 Å². The van der Waals surface area contributed by atoms with Gasteiger partial charge in [0, 0.05) is 18.8 Å². The van der Waals surface area contributed by atoms with Gasteiger partial charge in [-0.2, -0.15) is 15.0 Å². The molecule has 0 saturated heterocycles. The van der Waals surface area contributed by atoms with Gasteiger partial charge in [0.15, 0.2) is 5.82 Å². The lowest BCUT2D eigenvalue weighted by Crippen LogP contribution is -2.19. The van der Waals surface area contributed by atoms with Gasteiger partial charge >= 0.3 is 0 Å². The van der Waals surface area contributed by atoms with E-state index in [9.17, 15) is 9.18 Å². The van der Waals surface area contributed by atoms with Crippen LogP contribution in [0.1, 0.15) is 0 Å². The number of nitrogens with one attached hydrogen (secondary N) is 1. The predicted molar refractivity (Wildman–Crippen MR) is 77.3 cm³/mol. The third-order valence-corrected chi connectivity index (χ3v) is 2.93. The van der Waals surface area contributed by atoms with Crippen LogP contribution in [-0.4, -0.2) is 30.7 Å². The Morgan fingerprint density at radius 1 is 1.32 bits per heavy atom. The fourth-order valence-electron chi connectivity index (χ4n) is 1.98. The molecule has 0 spiro atoms. The van der Waals surface area contributed by atoms with E-state index in [0.717, 1.165) is 0 Å². The Morgan fingerprint density at radius 3 is 2.91 bits per heavy atom. The van der Waals surface area contributed by atoms with Crippen molar-refractivity contribution in [3.8, 4) is 11.3 Å². The van der Waals surface area contributed by atoms with E-state index in [2.05, 4.69) is 20.6 Å². The molecule has 112 valence electrons. The van der Waals surface area contributed by atoms with Crippen molar-refractivity contribution in [1.82, 2.24) is 24.8 Å². The molecule has 0 bridgehead atoms. The van der Waals surface area contributed by atoms with Crippen molar-refractivity contribution in [2.24, 2.45) is 7.05 Å². The molecule has 1 N–H and O–H groups in total. The first-order valence-electron chi connectivity index (χ1n) is 6.56. The first-order chi connectivity index (χ1) is 10.6. The number of aromatic nitrogens is 5. The van der Waals surface area contributed by atoms with Gasteiger partial charge in [-0.25, -0.2) is 4.39 Å². The molecule has 3 aromatic rings. The van der Waals surface area contributed by atoms with Gasteiger partial charge in [0.05, 0.1) is 11.9 Å². The van der Waals surface area contributed by atoms with Crippen molar-refractivity contribution in [2.75, 3.05) is 5.32 Å².